The molecule has 0 aromatic heterocycles. The van der Waals surface area contributed by atoms with E-state index in [0.717, 1.165) is 42.9 Å². The second kappa shape index (κ2) is 7.88. The Balaban J connectivity index is 1.42. The molecule has 1 saturated heterocycles. The number of hydrogen-bond acceptors (Lipinski definition) is 3. The van der Waals surface area contributed by atoms with E-state index in [1.165, 1.54) is 11.1 Å². The number of nitrogens with zero attached hydrogens (tertiary/aromatic N) is 2. The van der Waals surface area contributed by atoms with Crippen molar-refractivity contribution in [3.05, 3.63) is 59.2 Å². The second-order valence-corrected chi connectivity index (χ2v) is 9.06. The van der Waals surface area contributed by atoms with Crippen molar-refractivity contribution in [3.63, 3.8) is 0 Å². The Bertz CT molecular complexity index is 967. The summed E-state index contributed by atoms with van der Waals surface area (Å²) in [5.74, 6) is 0.618. The predicted molar refractivity (Wildman–Crippen MR) is 121 cm³/mol. The van der Waals surface area contributed by atoms with E-state index < -0.39 is 5.54 Å². The standard InChI is InChI=1S/C25H31N3O2/c1-17(2)20-7-5-19(6-8-20)16-27-14-12-25(27,4)24(30)26-22-9-10-23-21(15-22)11-13-28(23)18(3)29/h5-10,15,17H,11-14,16H2,1-4H3,(H,26,30). The summed E-state index contributed by atoms with van der Waals surface area (Å²) in [7, 11) is 0. The van der Waals surface area contributed by atoms with Crippen molar-refractivity contribution in [2.45, 2.75) is 58.5 Å². The van der Waals surface area contributed by atoms with Crippen molar-refractivity contribution >= 4 is 23.2 Å². The van der Waals surface area contributed by atoms with Crippen LogP contribution in [-0.4, -0.2) is 35.3 Å². The first-order chi connectivity index (χ1) is 14.3. The van der Waals surface area contributed by atoms with Gasteiger partial charge in [-0.05, 0) is 60.6 Å². The van der Waals surface area contributed by atoms with Gasteiger partial charge in [0.1, 0.15) is 0 Å². The van der Waals surface area contributed by atoms with Crippen molar-refractivity contribution in [2.24, 2.45) is 0 Å². The molecule has 5 nitrogen and oxygen atoms in total. The van der Waals surface area contributed by atoms with Gasteiger partial charge in [0, 0.05) is 37.9 Å². The van der Waals surface area contributed by atoms with E-state index in [9.17, 15) is 9.59 Å². The number of benzene rings is 2. The summed E-state index contributed by atoms with van der Waals surface area (Å²) in [6.45, 7) is 10.4. The normalized spacial score (nSPS) is 20.8. The van der Waals surface area contributed by atoms with Gasteiger partial charge in [0.15, 0.2) is 0 Å². The minimum Gasteiger partial charge on any atom is -0.324 e. The lowest BCUT2D eigenvalue weighted by atomic mass is 9.85. The first-order valence-corrected chi connectivity index (χ1v) is 10.8. The molecule has 5 heteroatoms. The van der Waals surface area contributed by atoms with Crippen LogP contribution in [0.2, 0.25) is 0 Å². The zero-order chi connectivity index (χ0) is 21.5. The predicted octanol–water partition coefficient (Wildman–Crippen LogP) is 4.32. The summed E-state index contributed by atoms with van der Waals surface area (Å²) in [6.07, 6.45) is 1.68. The summed E-state index contributed by atoms with van der Waals surface area (Å²) < 4.78 is 0. The molecule has 2 aliphatic rings. The summed E-state index contributed by atoms with van der Waals surface area (Å²) in [4.78, 5) is 28.9. The Morgan fingerprint density at radius 2 is 1.83 bits per heavy atom. The van der Waals surface area contributed by atoms with Gasteiger partial charge in [0.05, 0.1) is 5.54 Å². The first kappa shape index (κ1) is 20.6. The van der Waals surface area contributed by atoms with Crippen LogP contribution in [0, 0.1) is 0 Å². The van der Waals surface area contributed by atoms with E-state index in [-0.39, 0.29) is 11.8 Å². The number of hydrogen-bond donors (Lipinski definition) is 1. The molecule has 4 rings (SSSR count). The molecule has 30 heavy (non-hydrogen) atoms. The fourth-order valence-corrected chi connectivity index (χ4v) is 4.42. The van der Waals surface area contributed by atoms with Crippen LogP contribution in [0.5, 0.6) is 0 Å². The van der Waals surface area contributed by atoms with Crippen LogP contribution in [0.25, 0.3) is 0 Å². The van der Waals surface area contributed by atoms with Gasteiger partial charge in [-0.2, -0.15) is 0 Å². The number of amides is 2. The number of fused-ring (bicyclic) bond motifs is 1. The largest absolute Gasteiger partial charge is 0.324 e. The number of anilines is 2. The van der Waals surface area contributed by atoms with E-state index >= 15 is 0 Å². The molecule has 2 aromatic rings. The van der Waals surface area contributed by atoms with E-state index in [2.05, 4.69) is 48.3 Å². The average Bonchev–Trinajstić information content (AvgIpc) is 3.14. The molecule has 1 fully saturated rings. The molecule has 2 heterocycles. The van der Waals surface area contributed by atoms with E-state index in [0.29, 0.717) is 12.5 Å². The van der Waals surface area contributed by atoms with Crippen LogP contribution in [0.4, 0.5) is 11.4 Å². The molecule has 1 unspecified atom stereocenters. The van der Waals surface area contributed by atoms with Crippen LogP contribution >= 0.6 is 0 Å². The Morgan fingerprint density at radius 3 is 2.43 bits per heavy atom. The van der Waals surface area contributed by atoms with Crippen molar-refractivity contribution in [3.8, 4) is 0 Å². The maximum Gasteiger partial charge on any atom is 0.244 e. The Labute approximate surface area is 179 Å². The lowest BCUT2D eigenvalue weighted by molar-refractivity contribution is -0.136. The molecular formula is C25H31N3O2. The Kier molecular flexibility index (Phi) is 5.41. The molecule has 2 aromatic carbocycles. The maximum absolute atomic E-state index is 13.1. The third-order valence-electron chi connectivity index (χ3n) is 6.69. The van der Waals surface area contributed by atoms with Gasteiger partial charge in [0.25, 0.3) is 0 Å². The van der Waals surface area contributed by atoms with Gasteiger partial charge in [-0.3, -0.25) is 14.5 Å². The fourth-order valence-electron chi connectivity index (χ4n) is 4.42. The molecule has 0 aliphatic carbocycles. The molecule has 2 aliphatic heterocycles. The Morgan fingerprint density at radius 1 is 1.10 bits per heavy atom. The Hall–Kier alpha value is -2.66. The highest BCUT2D eigenvalue weighted by Crippen LogP contribution is 2.35. The maximum atomic E-state index is 13.1. The second-order valence-electron chi connectivity index (χ2n) is 9.06. The molecule has 0 bridgehead atoms. The van der Waals surface area contributed by atoms with Crippen LogP contribution < -0.4 is 10.2 Å². The van der Waals surface area contributed by atoms with Gasteiger partial charge in [-0.15, -0.1) is 0 Å². The van der Waals surface area contributed by atoms with Crippen molar-refractivity contribution in [1.29, 1.82) is 0 Å². The fraction of sp³-hybridized carbons (Fsp3) is 0.440. The smallest absolute Gasteiger partial charge is 0.244 e. The van der Waals surface area contributed by atoms with Gasteiger partial charge >= 0.3 is 0 Å². The van der Waals surface area contributed by atoms with Gasteiger partial charge in [0.2, 0.25) is 11.8 Å². The molecule has 2 amide bonds. The number of carbonyl (C=O) groups excluding carboxylic acids is 2. The van der Waals surface area contributed by atoms with E-state index in [1.54, 1.807) is 11.8 Å². The molecule has 1 N–H and O–H groups in total. The number of likely N-dealkylation sites (tertiary alicyclic amines) is 1. The van der Waals surface area contributed by atoms with E-state index in [1.807, 2.05) is 25.1 Å². The highest BCUT2D eigenvalue weighted by molar-refractivity contribution is 5.99. The molecule has 1 atom stereocenters. The minimum absolute atomic E-state index is 0.0360. The van der Waals surface area contributed by atoms with Crippen molar-refractivity contribution < 1.29 is 9.59 Å². The van der Waals surface area contributed by atoms with E-state index in [4.69, 9.17) is 0 Å². The van der Waals surface area contributed by atoms with Crippen molar-refractivity contribution in [2.75, 3.05) is 23.3 Å². The van der Waals surface area contributed by atoms with Gasteiger partial charge < -0.3 is 10.2 Å². The lowest BCUT2D eigenvalue weighted by Gasteiger charge is -2.49. The first-order valence-electron chi connectivity index (χ1n) is 10.8. The molecular weight excluding hydrogens is 374 g/mol. The average molecular weight is 406 g/mol. The monoisotopic (exact) mass is 405 g/mol. The number of carbonyl (C=O) groups is 2. The summed E-state index contributed by atoms with van der Waals surface area (Å²) in [6, 6.07) is 14.6. The minimum atomic E-state index is -0.499. The summed E-state index contributed by atoms with van der Waals surface area (Å²) in [5, 5.41) is 3.11. The number of rotatable bonds is 5. The van der Waals surface area contributed by atoms with Crippen LogP contribution in [0.15, 0.2) is 42.5 Å². The SMILES string of the molecule is CC(=O)N1CCc2cc(NC(=O)C3(C)CCN3Cc3ccc(C(C)C)cc3)ccc21. The van der Waals surface area contributed by atoms with Crippen molar-refractivity contribution in [1.82, 2.24) is 4.90 Å². The molecule has 158 valence electrons. The quantitative estimate of drug-likeness (QED) is 0.806. The number of nitrogens with one attached hydrogen (secondary N) is 1. The molecule has 0 saturated carbocycles. The highest BCUT2D eigenvalue weighted by atomic mass is 16.2. The highest BCUT2D eigenvalue weighted by Gasteiger charge is 2.46. The van der Waals surface area contributed by atoms with Crippen LogP contribution in [0.3, 0.4) is 0 Å². The van der Waals surface area contributed by atoms with Gasteiger partial charge in [-0.1, -0.05) is 38.1 Å². The summed E-state index contributed by atoms with van der Waals surface area (Å²) >= 11 is 0. The molecule has 0 spiro atoms. The van der Waals surface area contributed by atoms with Crippen LogP contribution in [0.1, 0.15) is 56.7 Å². The third kappa shape index (κ3) is 3.74. The zero-order valence-corrected chi connectivity index (χ0v) is 18.4. The zero-order valence-electron chi connectivity index (χ0n) is 18.4. The van der Waals surface area contributed by atoms with Gasteiger partial charge in [-0.25, -0.2) is 0 Å². The topological polar surface area (TPSA) is 52.7 Å². The lowest BCUT2D eigenvalue weighted by Crippen LogP contribution is -2.63. The summed E-state index contributed by atoms with van der Waals surface area (Å²) in [5.41, 5.74) is 4.95. The third-order valence-corrected chi connectivity index (χ3v) is 6.69. The van der Waals surface area contributed by atoms with Crippen LogP contribution in [-0.2, 0) is 22.6 Å². The molecule has 0 radical (unpaired) electrons.